The third kappa shape index (κ3) is 6.33. The largest absolute Gasteiger partial charge is 0.494 e. The van der Waals surface area contributed by atoms with Gasteiger partial charge in [0.15, 0.2) is 5.78 Å². The van der Waals surface area contributed by atoms with E-state index in [1.54, 1.807) is 24.3 Å². The molecule has 1 heterocycles. The highest BCUT2D eigenvalue weighted by Gasteiger charge is 2.28. The van der Waals surface area contributed by atoms with Gasteiger partial charge >= 0.3 is 0 Å². The number of carbonyl (C=O) groups excluding carboxylic acids is 2. The summed E-state index contributed by atoms with van der Waals surface area (Å²) in [6.07, 6.45) is 4.37. The lowest BCUT2D eigenvalue weighted by Crippen LogP contribution is -2.51. The van der Waals surface area contributed by atoms with Crippen LogP contribution in [0.4, 0.5) is 0 Å². The molecule has 0 spiro atoms. The van der Waals surface area contributed by atoms with Crippen molar-refractivity contribution >= 4 is 24.1 Å². The van der Waals surface area contributed by atoms with Crippen LogP contribution in [0.25, 0.3) is 0 Å². The molecule has 6 heteroatoms. The first-order valence-corrected chi connectivity index (χ1v) is 8.78. The highest BCUT2D eigenvalue weighted by atomic mass is 35.5. The molecule has 2 atom stereocenters. The number of amides is 1. The summed E-state index contributed by atoms with van der Waals surface area (Å²) in [7, 11) is 0. The van der Waals surface area contributed by atoms with Crippen LogP contribution in [0.2, 0.25) is 0 Å². The molecule has 1 aromatic carbocycles. The van der Waals surface area contributed by atoms with E-state index in [-0.39, 0.29) is 36.2 Å². The summed E-state index contributed by atoms with van der Waals surface area (Å²) < 4.78 is 5.65. The van der Waals surface area contributed by atoms with Gasteiger partial charge in [0.25, 0.3) is 0 Å². The fourth-order valence-electron chi connectivity index (χ4n) is 3.16. The Balaban J connectivity index is 0.00000312. The van der Waals surface area contributed by atoms with Crippen LogP contribution in [0.1, 0.15) is 56.3 Å². The molecule has 2 unspecified atom stereocenters. The smallest absolute Gasteiger partial charge is 0.222 e. The van der Waals surface area contributed by atoms with E-state index in [1.807, 2.05) is 11.8 Å². The van der Waals surface area contributed by atoms with Crippen LogP contribution in [-0.4, -0.2) is 41.8 Å². The van der Waals surface area contributed by atoms with Gasteiger partial charge in [0.1, 0.15) is 5.75 Å². The highest BCUT2D eigenvalue weighted by molar-refractivity contribution is 5.94. The Hall–Kier alpha value is -1.59. The maximum absolute atomic E-state index is 12.4. The fourth-order valence-corrected chi connectivity index (χ4v) is 3.16. The van der Waals surface area contributed by atoms with Gasteiger partial charge in [-0.25, -0.2) is 0 Å². The van der Waals surface area contributed by atoms with Gasteiger partial charge in [0, 0.05) is 30.6 Å². The maximum Gasteiger partial charge on any atom is 0.222 e. The number of halogens is 1. The number of nitrogens with zero attached hydrogens (tertiary/aromatic N) is 1. The SMILES string of the molecule is CC(=O)c1ccc(OCCCC(=O)N2CCCCC2C(C)N)cc1.Cl. The molecule has 1 fully saturated rings. The Bertz CT molecular complexity index is 560. The zero-order valence-corrected chi connectivity index (χ0v) is 15.9. The topological polar surface area (TPSA) is 72.6 Å². The highest BCUT2D eigenvalue weighted by Crippen LogP contribution is 2.20. The lowest BCUT2D eigenvalue weighted by Gasteiger charge is -2.38. The minimum Gasteiger partial charge on any atom is -0.494 e. The normalized spacial score (nSPS) is 18.2. The number of hydrogen-bond donors (Lipinski definition) is 1. The first-order valence-electron chi connectivity index (χ1n) is 8.78. The average Bonchev–Trinajstić information content (AvgIpc) is 2.58. The van der Waals surface area contributed by atoms with Crippen molar-refractivity contribution < 1.29 is 14.3 Å². The Morgan fingerprint density at radius 1 is 1.28 bits per heavy atom. The van der Waals surface area contributed by atoms with Gasteiger partial charge < -0.3 is 15.4 Å². The van der Waals surface area contributed by atoms with E-state index in [2.05, 4.69) is 0 Å². The van der Waals surface area contributed by atoms with E-state index >= 15 is 0 Å². The van der Waals surface area contributed by atoms with Gasteiger partial charge in [-0.1, -0.05) is 0 Å². The summed E-state index contributed by atoms with van der Waals surface area (Å²) in [5, 5.41) is 0. The number of Topliss-reactive ketones (excluding diaryl/α,β-unsaturated/α-hetero) is 1. The Kier molecular flexibility index (Phi) is 8.93. The molecule has 2 N–H and O–H groups in total. The van der Waals surface area contributed by atoms with E-state index in [0.29, 0.717) is 25.0 Å². The molecular formula is C19H29ClN2O3. The minimum atomic E-state index is 0. The van der Waals surface area contributed by atoms with Crippen LogP contribution in [0, 0.1) is 0 Å². The van der Waals surface area contributed by atoms with Crippen molar-refractivity contribution in [3.8, 4) is 5.75 Å². The molecule has 1 saturated heterocycles. The Morgan fingerprint density at radius 3 is 2.56 bits per heavy atom. The van der Waals surface area contributed by atoms with E-state index in [9.17, 15) is 9.59 Å². The third-order valence-electron chi connectivity index (χ3n) is 4.54. The van der Waals surface area contributed by atoms with Gasteiger partial charge in [-0.3, -0.25) is 9.59 Å². The standard InChI is InChI=1S/C19H28N2O3.ClH/c1-14(20)18-6-3-4-12-21(18)19(23)7-5-13-24-17-10-8-16(9-11-17)15(2)22;/h8-11,14,18H,3-7,12-13,20H2,1-2H3;1H. The van der Waals surface area contributed by atoms with Crippen LogP contribution in [0.15, 0.2) is 24.3 Å². The molecule has 0 aliphatic carbocycles. The van der Waals surface area contributed by atoms with Gasteiger partial charge in [0.05, 0.1) is 6.61 Å². The van der Waals surface area contributed by atoms with Crippen molar-refractivity contribution in [2.45, 2.75) is 58.0 Å². The second-order valence-corrected chi connectivity index (χ2v) is 6.54. The summed E-state index contributed by atoms with van der Waals surface area (Å²) in [6, 6.07) is 7.27. The van der Waals surface area contributed by atoms with Crippen molar-refractivity contribution in [1.82, 2.24) is 4.90 Å². The van der Waals surface area contributed by atoms with Crippen molar-refractivity contribution in [1.29, 1.82) is 0 Å². The van der Waals surface area contributed by atoms with E-state index in [1.165, 1.54) is 6.92 Å². The monoisotopic (exact) mass is 368 g/mol. The number of carbonyl (C=O) groups is 2. The predicted molar refractivity (Wildman–Crippen MR) is 101 cm³/mol. The summed E-state index contributed by atoms with van der Waals surface area (Å²) >= 11 is 0. The summed E-state index contributed by atoms with van der Waals surface area (Å²) in [4.78, 5) is 25.6. The first-order chi connectivity index (χ1) is 11.5. The molecule has 0 aromatic heterocycles. The quantitative estimate of drug-likeness (QED) is 0.592. The maximum atomic E-state index is 12.4. The van der Waals surface area contributed by atoms with Crippen molar-refractivity contribution in [3.05, 3.63) is 29.8 Å². The van der Waals surface area contributed by atoms with Gasteiger partial charge in [-0.2, -0.15) is 0 Å². The van der Waals surface area contributed by atoms with Crippen LogP contribution in [-0.2, 0) is 4.79 Å². The Morgan fingerprint density at radius 2 is 1.96 bits per heavy atom. The Labute approximate surface area is 156 Å². The van der Waals surface area contributed by atoms with Crippen LogP contribution in [0.5, 0.6) is 5.75 Å². The van der Waals surface area contributed by atoms with Crippen molar-refractivity contribution in [3.63, 3.8) is 0 Å². The van der Waals surface area contributed by atoms with Crippen LogP contribution >= 0.6 is 12.4 Å². The molecular weight excluding hydrogens is 340 g/mol. The molecule has 2 rings (SSSR count). The molecule has 0 saturated carbocycles. The van der Waals surface area contributed by atoms with E-state index in [0.717, 1.165) is 31.6 Å². The number of nitrogens with two attached hydrogens (primary N) is 1. The average molecular weight is 369 g/mol. The zero-order chi connectivity index (χ0) is 17.5. The summed E-state index contributed by atoms with van der Waals surface area (Å²) in [5.41, 5.74) is 6.69. The number of hydrogen-bond acceptors (Lipinski definition) is 4. The molecule has 1 aromatic rings. The number of piperidine rings is 1. The van der Waals surface area contributed by atoms with Gasteiger partial charge in [-0.05, 0) is 63.8 Å². The van der Waals surface area contributed by atoms with Crippen LogP contribution in [0.3, 0.4) is 0 Å². The number of ether oxygens (including phenoxy) is 1. The molecule has 5 nitrogen and oxygen atoms in total. The van der Waals surface area contributed by atoms with Crippen molar-refractivity contribution in [2.24, 2.45) is 5.73 Å². The molecule has 1 amide bonds. The predicted octanol–water partition coefficient (Wildman–Crippen LogP) is 3.20. The number of benzene rings is 1. The molecule has 25 heavy (non-hydrogen) atoms. The number of rotatable bonds is 7. The summed E-state index contributed by atoms with van der Waals surface area (Å²) in [6.45, 7) is 4.82. The lowest BCUT2D eigenvalue weighted by molar-refractivity contribution is -0.135. The molecule has 1 aliphatic heterocycles. The van der Waals surface area contributed by atoms with Crippen LogP contribution < -0.4 is 10.5 Å². The van der Waals surface area contributed by atoms with Crippen molar-refractivity contribution in [2.75, 3.05) is 13.2 Å². The molecule has 140 valence electrons. The zero-order valence-electron chi connectivity index (χ0n) is 15.1. The van der Waals surface area contributed by atoms with Gasteiger partial charge in [-0.15, -0.1) is 12.4 Å². The first kappa shape index (κ1) is 21.5. The molecule has 0 radical (unpaired) electrons. The molecule has 0 bridgehead atoms. The van der Waals surface area contributed by atoms with Gasteiger partial charge in [0.2, 0.25) is 5.91 Å². The number of ketones is 1. The lowest BCUT2D eigenvalue weighted by atomic mass is 9.96. The number of likely N-dealkylation sites (tertiary alicyclic amines) is 1. The second kappa shape index (κ2) is 10.4. The summed E-state index contributed by atoms with van der Waals surface area (Å²) in [5.74, 6) is 0.934. The second-order valence-electron chi connectivity index (χ2n) is 6.54. The third-order valence-corrected chi connectivity index (χ3v) is 4.54. The van der Waals surface area contributed by atoms with E-state index in [4.69, 9.17) is 10.5 Å². The minimum absolute atomic E-state index is 0. The fraction of sp³-hybridized carbons (Fsp3) is 0.579. The van der Waals surface area contributed by atoms with E-state index < -0.39 is 0 Å². The molecule has 1 aliphatic rings.